The highest BCUT2D eigenvalue weighted by Crippen LogP contribution is 2.27. The summed E-state index contributed by atoms with van der Waals surface area (Å²) >= 11 is 0. The van der Waals surface area contributed by atoms with Gasteiger partial charge >= 0.3 is 0 Å². The largest absolute Gasteiger partial charge is 0.493 e. The molecule has 0 aliphatic carbocycles. The number of hydrogen-bond acceptors (Lipinski definition) is 4. The molecule has 1 unspecified atom stereocenters. The lowest BCUT2D eigenvalue weighted by Gasteiger charge is -2.11. The number of methoxy groups -OCH3 is 2. The fraction of sp³-hybridized carbons (Fsp3) is 0.562. The van der Waals surface area contributed by atoms with Gasteiger partial charge in [-0.25, -0.2) is 0 Å². The second kappa shape index (κ2) is 9.54. The lowest BCUT2D eigenvalue weighted by Crippen LogP contribution is -2.27. The molecule has 124 valence electrons. The van der Waals surface area contributed by atoms with Crippen LogP contribution in [0.25, 0.3) is 0 Å². The second-order valence-corrected chi connectivity index (χ2v) is 5.30. The van der Waals surface area contributed by atoms with E-state index in [1.54, 1.807) is 14.2 Å². The van der Waals surface area contributed by atoms with Gasteiger partial charge in [-0.05, 0) is 43.5 Å². The van der Waals surface area contributed by atoms with E-state index < -0.39 is 0 Å². The maximum absolute atomic E-state index is 11.9. The average Bonchev–Trinajstić information content (AvgIpc) is 3.04. The standard InChI is InChI=1S/C16H24N2O3.ClH/c1-20-14-7-5-12(10-15(14)21-2)11-18-16(19)8-6-13-4-3-9-17-13;/h5,7,10,13,17H,3-4,6,8-9,11H2,1-2H3,(H,18,19);1H. The molecule has 1 saturated heterocycles. The summed E-state index contributed by atoms with van der Waals surface area (Å²) in [6.45, 7) is 1.59. The molecule has 0 spiro atoms. The third-order valence-electron chi connectivity index (χ3n) is 3.82. The van der Waals surface area contributed by atoms with Gasteiger partial charge in [-0.2, -0.15) is 0 Å². The third kappa shape index (κ3) is 5.39. The highest BCUT2D eigenvalue weighted by atomic mass is 35.5. The van der Waals surface area contributed by atoms with Crippen LogP contribution in [0.4, 0.5) is 0 Å². The molecular formula is C16H25ClN2O3. The molecule has 0 radical (unpaired) electrons. The van der Waals surface area contributed by atoms with Crippen LogP contribution in [0.2, 0.25) is 0 Å². The molecule has 1 aliphatic heterocycles. The molecule has 1 amide bonds. The van der Waals surface area contributed by atoms with Crippen molar-refractivity contribution in [2.45, 2.75) is 38.3 Å². The van der Waals surface area contributed by atoms with E-state index in [9.17, 15) is 4.79 Å². The van der Waals surface area contributed by atoms with Crippen LogP contribution >= 0.6 is 12.4 Å². The summed E-state index contributed by atoms with van der Waals surface area (Å²) in [4.78, 5) is 11.9. The van der Waals surface area contributed by atoms with Gasteiger partial charge in [0.15, 0.2) is 11.5 Å². The maximum atomic E-state index is 11.9. The molecular weight excluding hydrogens is 304 g/mol. The van der Waals surface area contributed by atoms with Crippen LogP contribution in [-0.2, 0) is 11.3 Å². The molecule has 1 atom stereocenters. The van der Waals surface area contributed by atoms with E-state index >= 15 is 0 Å². The lowest BCUT2D eigenvalue weighted by molar-refractivity contribution is -0.121. The van der Waals surface area contributed by atoms with E-state index in [4.69, 9.17) is 9.47 Å². The quantitative estimate of drug-likeness (QED) is 0.806. The minimum atomic E-state index is 0. The van der Waals surface area contributed by atoms with Crippen LogP contribution in [0.5, 0.6) is 11.5 Å². The Bertz CT molecular complexity index is 476. The molecule has 1 aliphatic rings. The first-order valence-corrected chi connectivity index (χ1v) is 7.44. The first kappa shape index (κ1) is 18.6. The molecule has 0 bridgehead atoms. The van der Waals surface area contributed by atoms with Crippen LogP contribution in [-0.4, -0.2) is 32.7 Å². The van der Waals surface area contributed by atoms with Crippen LogP contribution in [0, 0.1) is 0 Å². The minimum Gasteiger partial charge on any atom is -0.493 e. The number of rotatable bonds is 7. The summed E-state index contributed by atoms with van der Waals surface area (Å²) in [5.74, 6) is 1.47. The van der Waals surface area contributed by atoms with Crippen molar-refractivity contribution in [1.82, 2.24) is 10.6 Å². The van der Waals surface area contributed by atoms with Gasteiger partial charge < -0.3 is 20.1 Å². The van der Waals surface area contributed by atoms with Gasteiger partial charge in [0.2, 0.25) is 5.91 Å². The van der Waals surface area contributed by atoms with E-state index in [1.165, 1.54) is 12.8 Å². The summed E-state index contributed by atoms with van der Waals surface area (Å²) in [6.07, 6.45) is 3.89. The normalized spacial score (nSPS) is 16.7. The van der Waals surface area contributed by atoms with Crippen molar-refractivity contribution in [2.75, 3.05) is 20.8 Å². The number of carbonyl (C=O) groups excluding carboxylic acids is 1. The van der Waals surface area contributed by atoms with Crippen LogP contribution in [0.15, 0.2) is 18.2 Å². The van der Waals surface area contributed by atoms with Gasteiger partial charge in [0.1, 0.15) is 0 Å². The summed E-state index contributed by atoms with van der Waals surface area (Å²) in [5, 5.41) is 6.35. The molecule has 2 rings (SSSR count). The van der Waals surface area contributed by atoms with Gasteiger partial charge in [0, 0.05) is 19.0 Å². The number of carbonyl (C=O) groups is 1. The molecule has 1 aromatic carbocycles. The van der Waals surface area contributed by atoms with E-state index in [0.717, 1.165) is 18.5 Å². The molecule has 22 heavy (non-hydrogen) atoms. The number of ether oxygens (including phenoxy) is 2. The van der Waals surface area contributed by atoms with E-state index in [1.807, 2.05) is 18.2 Å². The van der Waals surface area contributed by atoms with Gasteiger partial charge in [-0.3, -0.25) is 4.79 Å². The number of benzene rings is 1. The Labute approximate surface area is 138 Å². The zero-order valence-electron chi connectivity index (χ0n) is 13.2. The topological polar surface area (TPSA) is 59.6 Å². The second-order valence-electron chi connectivity index (χ2n) is 5.30. The van der Waals surface area contributed by atoms with Crippen molar-refractivity contribution in [3.63, 3.8) is 0 Å². The highest BCUT2D eigenvalue weighted by Gasteiger charge is 2.15. The van der Waals surface area contributed by atoms with E-state index in [2.05, 4.69) is 10.6 Å². The maximum Gasteiger partial charge on any atom is 0.220 e. The molecule has 1 fully saturated rings. The first-order chi connectivity index (χ1) is 10.2. The lowest BCUT2D eigenvalue weighted by atomic mass is 10.1. The summed E-state index contributed by atoms with van der Waals surface area (Å²) in [7, 11) is 3.21. The molecule has 6 heteroatoms. The van der Waals surface area contributed by atoms with Crippen LogP contribution < -0.4 is 20.1 Å². The SMILES string of the molecule is COc1ccc(CNC(=O)CCC2CCCN2)cc1OC.Cl. The Morgan fingerprint density at radius 1 is 1.32 bits per heavy atom. The molecule has 0 saturated carbocycles. The van der Waals surface area contributed by atoms with Gasteiger partial charge in [0.25, 0.3) is 0 Å². The van der Waals surface area contributed by atoms with Crippen molar-refractivity contribution in [3.05, 3.63) is 23.8 Å². The Hall–Kier alpha value is -1.46. The summed E-state index contributed by atoms with van der Waals surface area (Å²) in [6, 6.07) is 6.18. The fourth-order valence-electron chi connectivity index (χ4n) is 2.59. The Kier molecular flexibility index (Phi) is 8.06. The van der Waals surface area contributed by atoms with E-state index in [0.29, 0.717) is 30.5 Å². The van der Waals surface area contributed by atoms with Gasteiger partial charge in [-0.15, -0.1) is 12.4 Å². The molecule has 5 nitrogen and oxygen atoms in total. The van der Waals surface area contributed by atoms with Crippen molar-refractivity contribution < 1.29 is 14.3 Å². The number of amides is 1. The Morgan fingerprint density at radius 2 is 2.09 bits per heavy atom. The Balaban J connectivity index is 0.00000242. The van der Waals surface area contributed by atoms with Crippen molar-refractivity contribution in [2.24, 2.45) is 0 Å². The van der Waals surface area contributed by atoms with Crippen molar-refractivity contribution in [3.8, 4) is 11.5 Å². The number of hydrogen-bond donors (Lipinski definition) is 2. The summed E-state index contributed by atoms with van der Waals surface area (Å²) < 4.78 is 10.4. The molecule has 1 aromatic rings. The summed E-state index contributed by atoms with van der Waals surface area (Å²) in [5.41, 5.74) is 1.000. The van der Waals surface area contributed by atoms with Gasteiger partial charge in [-0.1, -0.05) is 6.07 Å². The predicted octanol–water partition coefficient (Wildman–Crippen LogP) is 2.27. The number of nitrogens with one attached hydrogen (secondary N) is 2. The molecule has 2 N–H and O–H groups in total. The highest BCUT2D eigenvalue weighted by molar-refractivity contribution is 5.85. The third-order valence-corrected chi connectivity index (χ3v) is 3.82. The Morgan fingerprint density at radius 3 is 2.73 bits per heavy atom. The van der Waals surface area contributed by atoms with Gasteiger partial charge in [0.05, 0.1) is 14.2 Å². The number of halogens is 1. The van der Waals surface area contributed by atoms with Crippen molar-refractivity contribution in [1.29, 1.82) is 0 Å². The zero-order valence-corrected chi connectivity index (χ0v) is 14.0. The van der Waals surface area contributed by atoms with Crippen LogP contribution in [0.3, 0.4) is 0 Å². The minimum absolute atomic E-state index is 0. The van der Waals surface area contributed by atoms with Crippen molar-refractivity contribution >= 4 is 18.3 Å². The zero-order chi connectivity index (χ0) is 15.1. The first-order valence-electron chi connectivity index (χ1n) is 7.44. The van der Waals surface area contributed by atoms with E-state index in [-0.39, 0.29) is 18.3 Å². The smallest absolute Gasteiger partial charge is 0.220 e. The fourth-order valence-corrected chi connectivity index (χ4v) is 2.59. The predicted molar refractivity (Wildman–Crippen MR) is 88.9 cm³/mol. The molecule has 0 aromatic heterocycles. The average molecular weight is 329 g/mol. The van der Waals surface area contributed by atoms with Crippen LogP contribution in [0.1, 0.15) is 31.2 Å². The molecule has 1 heterocycles. The monoisotopic (exact) mass is 328 g/mol.